The van der Waals surface area contributed by atoms with Crippen molar-refractivity contribution in [2.24, 2.45) is 0 Å². The topological polar surface area (TPSA) is 249 Å². The Balaban J connectivity index is 3.01. The van der Waals surface area contributed by atoms with Crippen molar-refractivity contribution in [1.82, 2.24) is 0 Å². The highest BCUT2D eigenvalue weighted by Crippen LogP contribution is 2.44. The fourth-order valence-electron chi connectivity index (χ4n) is 5.12. The first kappa shape index (κ1) is 38.8. The van der Waals surface area contributed by atoms with E-state index in [1.54, 1.807) is 0 Å². The number of hydrogen-bond donors (Lipinski definition) is 1. The molecule has 0 saturated carbocycles. The molecule has 47 heavy (non-hydrogen) atoms. The van der Waals surface area contributed by atoms with Crippen molar-refractivity contribution in [3.05, 3.63) is 0 Å². The van der Waals surface area contributed by atoms with E-state index in [0.717, 1.165) is 55.4 Å². The van der Waals surface area contributed by atoms with Crippen molar-refractivity contribution >= 4 is 47.8 Å². The monoisotopic (exact) mass is 678 g/mol. The molecule has 1 unspecified atom stereocenters. The Morgan fingerprint density at radius 1 is 0.532 bits per heavy atom. The quantitative estimate of drug-likeness (QED) is 0.194. The molecule has 0 radical (unpaired) electrons. The Kier molecular flexibility index (Phi) is 13.6. The second-order valence-corrected chi connectivity index (χ2v) is 10.5. The zero-order valence-electron chi connectivity index (χ0n) is 26.9. The van der Waals surface area contributed by atoms with Crippen LogP contribution in [0.25, 0.3) is 0 Å². The van der Waals surface area contributed by atoms with E-state index < -0.39 is 122 Å². The summed E-state index contributed by atoms with van der Waals surface area (Å²) in [6.07, 6.45) is -16.9. The SMILES string of the molecule is CC(=O)OC[C@H]1OC(OC(C)=O)([C@@H]2O[C@H](COC(C)=O)[C@@H](OC(C)=O)[C@H](OC(C)=O)[C@@H]2OC(C)=O)[C@@H](OC(C)=O)[C@@H](OC(C)=O)[C@@H]1O. The fraction of sp³-hybridized carbons (Fsp3) is 0.714. The van der Waals surface area contributed by atoms with Crippen LogP contribution in [0.2, 0.25) is 0 Å². The van der Waals surface area contributed by atoms with Crippen molar-refractivity contribution in [2.45, 2.75) is 116 Å². The Hall–Kier alpha value is -4.36. The number of hydrogen-bond acceptors (Lipinski definition) is 19. The van der Waals surface area contributed by atoms with E-state index >= 15 is 0 Å². The second-order valence-electron chi connectivity index (χ2n) is 10.5. The van der Waals surface area contributed by atoms with Gasteiger partial charge in [-0.1, -0.05) is 0 Å². The van der Waals surface area contributed by atoms with Crippen LogP contribution >= 0.6 is 0 Å². The molecular weight excluding hydrogens is 640 g/mol. The normalized spacial score (nSPS) is 31.6. The summed E-state index contributed by atoms with van der Waals surface area (Å²) in [6, 6.07) is 0. The third-order valence-corrected chi connectivity index (χ3v) is 6.48. The number of aliphatic hydroxyl groups excluding tert-OH is 1. The van der Waals surface area contributed by atoms with Crippen LogP contribution in [0.15, 0.2) is 0 Å². The summed E-state index contributed by atoms with van der Waals surface area (Å²) in [4.78, 5) is 98.0. The van der Waals surface area contributed by atoms with Crippen LogP contribution in [0.1, 0.15) is 55.4 Å². The molecular formula is C28H38O19. The average molecular weight is 679 g/mol. The maximum atomic E-state index is 12.8. The molecule has 0 aromatic rings. The minimum atomic E-state index is -2.91. The van der Waals surface area contributed by atoms with Crippen LogP contribution in [0.5, 0.6) is 0 Å². The largest absolute Gasteiger partial charge is 0.463 e. The molecule has 264 valence electrons. The first-order valence-corrected chi connectivity index (χ1v) is 14.1. The summed E-state index contributed by atoms with van der Waals surface area (Å²) in [7, 11) is 0. The molecule has 0 amide bonds. The molecule has 2 fully saturated rings. The van der Waals surface area contributed by atoms with Gasteiger partial charge >= 0.3 is 47.8 Å². The summed E-state index contributed by atoms with van der Waals surface area (Å²) in [6.45, 7) is 6.21. The molecule has 0 spiro atoms. The van der Waals surface area contributed by atoms with Crippen LogP contribution < -0.4 is 0 Å². The molecule has 2 aliphatic rings. The van der Waals surface area contributed by atoms with E-state index in [1.807, 2.05) is 0 Å². The van der Waals surface area contributed by atoms with Crippen molar-refractivity contribution < 1.29 is 90.8 Å². The maximum absolute atomic E-state index is 12.8. The molecule has 19 nitrogen and oxygen atoms in total. The standard InChI is InChI=1S/C28H38O19/c1-11(29)38-9-19-21(37)23(41-14(4)32)26(44-17(7)35)28(47-19,46-18(8)36)27-25(43-16(6)34)24(42-15(5)33)22(40-13(3)31)20(45-27)10-39-12(2)30/h19-27,37H,9-10H2,1-8H3/t19-,20-,21-,22-,23+,24+,25+,26+,27-,28?/m1/s1. The molecule has 19 heteroatoms. The third-order valence-electron chi connectivity index (χ3n) is 6.48. The molecule has 2 rings (SSSR count). The molecule has 0 aromatic carbocycles. The Bertz CT molecular complexity index is 1230. The van der Waals surface area contributed by atoms with Crippen LogP contribution in [-0.4, -0.2) is 127 Å². The first-order chi connectivity index (χ1) is 21.8. The van der Waals surface area contributed by atoms with Gasteiger partial charge in [0.15, 0.2) is 30.5 Å². The van der Waals surface area contributed by atoms with E-state index in [9.17, 15) is 43.5 Å². The van der Waals surface area contributed by atoms with Gasteiger partial charge in [0.05, 0.1) is 0 Å². The zero-order chi connectivity index (χ0) is 35.8. The van der Waals surface area contributed by atoms with Gasteiger partial charge in [-0.05, 0) is 0 Å². The van der Waals surface area contributed by atoms with Gasteiger partial charge in [-0.25, -0.2) is 0 Å². The van der Waals surface area contributed by atoms with E-state index in [1.165, 1.54) is 0 Å². The van der Waals surface area contributed by atoms with Gasteiger partial charge < -0.3 is 52.5 Å². The molecule has 0 aromatic heterocycles. The van der Waals surface area contributed by atoms with Gasteiger partial charge in [0, 0.05) is 55.4 Å². The summed E-state index contributed by atoms with van der Waals surface area (Å²) in [5.74, 6) is -10.9. The Morgan fingerprint density at radius 3 is 1.40 bits per heavy atom. The first-order valence-electron chi connectivity index (χ1n) is 14.1. The highest BCUT2D eigenvalue weighted by atomic mass is 16.8. The van der Waals surface area contributed by atoms with Crippen molar-refractivity contribution in [3.63, 3.8) is 0 Å². The minimum Gasteiger partial charge on any atom is -0.463 e. The lowest BCUT2D eigenvalue weighted by molar-refractivity contribution is -0.406. The lowest BCUT2D eigenvalue weighted by Gasteiger charge is -2.55. The molecule has 2 aliphatic heterocycles. The summed E-state index contributed by atoms with van der Waals surface area (Å²) >= 11 is 0. The zero-order valence-corrected chi connectivity index (χ0v) is 26.9. The molecule has 2 heterocycles. The molecule has 1 N–H and O–H groups in total. The Labute approximate surface area is 268 Å². The minimum absolute atomic E-state index is 0.713. The molecule has 10 atom stereocenters. The smallest absolute Gasteiger partial charge is 0.305 e. The van der Waals surface area contributed by atoms with Gasteiger partial charge in [0.1, 0.15) is 31.5 Å². The number of aliphatic hydroxyl groups is 1. The maximum Gasteiger partial charge on any atom is 0.305 e. The third kappa shape index (κ3) is 10.3. The van der Waals surface area contributed by atoms with Gasteiger partial charge in [-0.3, -0.25) is 38.4 Å². The number of carbonyl (C=O) groups is 8. The lowest BCUT2D eigenvalue weighted by atomic mass is 9.82. The number of carbonyl (C=O) groups excluding carboxylic acids is 8. The van der Waals surface area contributed by atoms with Crippen molar-refractivity contribution in [1.29, 1.82) is 0 Å². The summed E-state index contributed by atoms with van der Waals surface area (Å²) in [5.41, 5.74) is 0. The predicted molar refractivity (Wildman–Crippen MR) is 145 cm³/mol. The molecule has 0 bridgehead atoms. The van der Waals surface area contributed by atoms with E-state index in [2.05, 4.69) is 0 Å². The fourth-order valence-corrected chi connectivity index (χ4v) is 5.12. The highest BCUT2D eigenvalue weighted by molar-refractivity contribution is 5.70. The van der Waals surface area contributed by atoms with Crippen LogP contribution in [0, 0.1) is 0 Å². The van der Waals surface area contributed by atoms with E-state index in [0.29, 0.717) is 0 Å². The Morgan fingerprint density at radius 2 is 0.957 bits per heavy atom. The average Bonchev–Trinajstić information content (AvgIpc) is 2.91. The second kappa shape index (κ2) is 16.5. The van der Waals surface area contributed by atoms with Gasteiger partial charge in [0.25, 0.3) is 5.79 Å². The van der Waals surface area contributed by atoms with Gasteiger partial charge in [0.2, 0.25) is 6.10 Å². The van der Waals surface area contributed by atoms with E-state index in [-0.39, 0.29) is 0 Å². The summed E-state index contributed by atoms with van der Waals surface area (Å²) < 4.78 is 54.9. The molecule has 0 aliphatic carbocycles. The molecule has 2 saturated heterocycles. The van der Waals surface area contributed by atoms with Crippen molar-refractivity contribution in [2.75, 3.05) is 13.2 Å². The van der Waals surface area contributed by atoms with Gasteiger partial charge in [-0.2, -0.15) is 0 Å². The van der Waals surface area contributed by atoms with Crippen LogP contribution in [0.3, 0.4) is 0 Å². The van der Waals surface area contributed by atoms with Gasteiger partial charge in [-0.15, -0.1) is 0 Å². The lowest BCUT2D eigenvalue weighted by Crippen LogP contribution is -2.77. The predicted octanol–water partition coefficient (Wildman–Crippen LogP) is -1.44. The number of esters is 8. The van der Waals surface area contributed by atoms with Crippen molar-refractivity contribution in [3.8, 4) is 0 Å². The summed E-state index contributed by atoms with van der Waals surface area (Å²) in [5, 5.41) is 11.2. The van der Waals surface area contributed by atoms with E-state index in [4.69, 9.17) is 47.4 Å². The van der Waals surface area contributed by atoms with Crippen LogP contribution in [0.4, 0.5) is 0 Å². The van der Waals surface area contributed by atoms with Crippen LogP contribution in [-0.2, 0) is 85.7 Å². The highest BCUT2D eigenvalue weighted by Gasteiger charge is 2.70. The number of rotatable bonds is 11. The number of ether oxygens (including phenoxy) is 10.